The number of rotatable bonds is 3. The van der Waals surface area contributed by atoms with Crippen LogP contribution >= 0.6 is 15.9 Å². The van der Waals surface area contributed by atoms with Gasteiger partial charge in [0, 0.05) is 19.6 Å². The van der Waals surface area contributed by atoms with Crippen molar-refractivity contribution in [1.29, 1.82) is 0 Å². The molecule has 1 saturated heterocycles. The Morgan fingerprint density at radius 3 is 2.89 bits per heavy atom. The standard InChI is InChI=1S/C14H18BrNO3/c1-9-5-11(14(18)19)8-16(6-9)7-10-3-2-4-12(17)13(10)15/h2-4,9,11,17H,5-8H2,1H3,(H,18,19). The lowest BCUT2D eigenvalue weighted by Crippen LogP contribution is -2.42. The normalized spacial score (nSPS) is 24.3. The molecule has 19 heavy (non-hydrogen) atoms. The van der Waals surface area contributed by atoms with Crippen LogP contribution in [0.25, 0.3) is 0 Å². The van der Waals surface area contributed by atoms with Gasteiger partial charge < -0.3 is 10.2 Å². The van der Waals surface area contributed by atoms with Crippen molar-refractivity contribution in [1.82, 2.24) is 4.90 Å². The number of aliphatic carboxylic acids is 1. The van der Waals surface area contributed by atoms with Crippen LogP contribution < -0.4 is 0 Å². The van der Waals surface area contributed by atoms with Crippen molar-refractivity contribution < 1.29 is 15.0 Å². The largest absolute Gasteiger partial charge is 0.507 e. The van der Waals surface area contributed by atoms with Crippen molar-refractivity contribution in [3.05, 3.63) is 28.2 Å². The third-order valence-electron chi connectivity index (χ3n) is 3.54. The minimum Gasteiger partial charge on any atom is -0.507 e. The van der Waals surface area contributed by atoms with Crippen LogP contribution in [0.4, 0.5) is 0 Å². The summed E-state index contributed by atoms with van der Waals surface area (Å²) in [5.74, 6) is -0.408. The van der Waals surface area contributed by atoms with Gasteiger partial charge in [-0.05, 0) is 39.9 Å². The monoisotopic (exact) mass is 327 g/mol. The molecule has 1 heterocycles. The second-order valence-electron chi connectivity index (χ2n) is 5.32. The number of nitrogens with zero attached hydrogens (tertiary/aromatic N) is 1. The molecule has 2 rings (SSSR count). The first kappa shape index (κ1) is 14.3. The van der Waals surface area contributed by atoms with E-state index in [0.29, 0.717) is 23.5 Å². The van der Waals surface area contributed by atoms with E-state index in [1.165, 1.54) is 0 Å². The number of aromatic hydroxyl groups is 1. The maximum Gasteiger partial charge on any atom is 0.307 e. The van der Waals surface area contributed by atoms with E-state index in [1.54, 1.807) is 12.1 Å². The molecule has 1 aromatic carbocycles. The van der Waals surface area contributed by atoms with Gasteiger partial charge in [-0.15, -0.1) is 0 Å². The van der Waals surface area contributed by atoms with E-state index in [-0.39, 0.29) is 11.7 Å². The highest BCUT2D eigenvalue weighted by Crippen LogP contribution is 2.30. The van der Waals surface area contributed by atoms with Gasteiger partial charge in [0.2, 0.25) is 0 Å². The molecule has 104 valence electrons. The van der Waals surface area contributed by atoms with Crippen molar-refractivity contribution in [2.45, 2.75) is 19.9 Å². The highest BCUT2D eigenvalue weighted by Gasteiger charge is 2.29. The van der Waals surface area contributed by atoms with Gasteiger partial charge in [-0.2, -0.15) is 0 Å². The minimum absolute atomic E-state index is 0.220. The molecule has 0 amide bonds. The number of carboxylic acid groups (broad SMARTS) is 1. The van der Waals surface area contributed by atoms with Gasteiger partial charge in [0.25, 0.3) is 0 Å². The molecule has 0 aromatic heterocycles. The first-order valence-electron chi connectivity index (χ1n) is 6.39. The van der Waals surface area contributed by atoms with Crippen LogP contribution in [0, 0.1) is 11.8 Å². The zero-order chi connectivity index (χ0) is 14.0. The molecular formula is C14H18BrNO3. The summed E-state index contributed by atoms with van der Waals surface area (Å²) in [6, 6.07) is 5.38. The summed E-state index contributed by atoms with van der Waals surface area (Å²) >= 11 is 3.37. The smallest absolute Gasteiger partial charge is 0.307 e. The molecule has 2 atom stereocenters. The lowest BCUT2D eigenvalue weighted by molar-refractivity contribution is -0.144. The van der Waals surface area contributed by atoms with E-state index in [2.05, 4.69) is 27.8 Å². The van der Waals surface area contributed by atoms with Gasteiger partial charge >= 0.3 is 5.97 Å². The quantitative estimate of drug-likeness (QED) is 0.896. The fourth-order valence-corrected chi connectivity index (χ4v) is 3.09. The van der Waals surface area contributed by atoms with E-state index >= 15 is 0 Å². The number of carbonyl (C=O) groups is 1. The number of phenols is 1. The number of carboxylic acids is 1. The summed E-state index contributed by atoms with van der Waals surface area (Å²) in [7, 11) is 0. The number of hydrogen-bond acceptors (Lipinski definition) is 3. The van der Waals surface area contributed by atoms with Gasteiger partial charge in [-0.25, -0.2) is 0 Å². The van der Waals surface area contributed by atoms with Crippen molar-refractivity contribution >= 4 is 21.9 Å². The van der Waals surface area contributed by atoms with Crippen LogP contribution in [-0.2, 0) is 11.3 Å². The second kappa shape index (κ2) is 5.92. The zero-order valence-electron chi connectivity index (χ0n) is 10.8. The maximum atomic E-state index is 11.1. The Morgan fingerprint density at radius 2 is 2.21 bits per heavy atom. The molecule has 1 aliphatic rings. The van der Waals surface area contributed by atoms with E-state index < -0.39 is 5.97 Å². The minimum atomic E-state index is -0.716. The average Bonchev–Trinajstić information content (AvgIpc) is 2.34. The van der Waals surface area contributed by atoms with E-state index in [1.807, 2.05) is 6.07 Å². The second-order valence-corrected chi connectivity index (χ2v) is 6.11. The molecule has 5 heteroatoms. The number of benzene rings is 1. The average molecular weight is 328 g/mol. The summed E-state index contributed by atoms with van der Waals surface area (Å²) in [4.78, 5) is 13.3. The van der Waals surface area contributed by atoms with Crippen LogP contribution in [0.3, 0.4) is 0 Å². The molecule has 0 spiro atoms. The van der Waals surface area contributed by atoms with Crippen LogP contribution in [0.5, 0.6) is 5.75 Å². The van der Waals surface area contributed by atoms with Crippen LogP contribution in [0.1, 0.15) is 18.9 Å². The van der Waals surface area contributed by atoms with Crippen molar-refractivity contribution in [2.75, 3.05) is 13.1 Å². The van der Waals surface area contributed by atoms with Gasteiger partial charge in [0.1, 0.15) is 5.75 Å². The van der Waals surface area contributed by atoms with Crippen molar-refractivity contribution in [2.24, 2.45) is 11.8 Å². The summed E-state index contributed by atoms with van der Waals surface area (Å²) in [5, 5.41) is 18.8. The predicted octanol–water partition coefficient (Wildman–Crippen LogP) is 2.70. The van der Waals surface area contributed by atoms with E-state index in [9.17, 15) is 9.90 Å². The number of hydrogen-bond donors (Lipinski definition) is 2. The van der Waals surface area contributed by atoms with E-state index in [0.717, 1.165) is 18.5 Å². The van der Waals surface area contributed by atoms with Crippen LogP contribution in [0.2, 0.25) is 0 Å². The summed E-state index contributed by atoms with van der Waals surface area (Å²) in [6.07, 6.45) is 0.743. The molecule has 2 N–H and O–H groups in total. The highest BCUT2D eigenvalue weighted by molar-refractivity contribution is 9.10. The van der Waals surface area contributed by atoms with Crippen LogP contribution in [0.15, 0.2) is 22.7 Å². The number of likely N-dealkylation sites (tertiary alicyclic amines) is 1. The van der Waals surface area contributed by atoms with Crippen molar-refractivity contribution in [3.8, 4) is 5.75 Å². The Balaban J connectivity index is 2.09. The molecule has 2 unspecified atom stereocenters. The molecule has 0 bridgehead atoms. The van der Waals surface area contributed by atoms with Gasteiger partial charge in [0.05, 0.1) is 10.4 Å². The summed E-state index contributed by atoms with van der Waals surface area (Å²) in [5.41, 5.74) is 0.984. The van der Waals surface area contributed by atoms with Crippen LogP contribution in [-0.4, -0.2) is 34.2 Å². The SMILES string of the molecule is CC1CC(C(=O)O)CN(Cc2cccc(O)c2Br)C1. The Hall–Kier alpha value is -1.07. The number of piperidine rings is 1. The predicted molar refractivity (Wildman–Crippen MR) is 76.0 cm³/mol. The molecule has 0 radical (unpaired) electrons. The highest BCUT2D eigenvalue weighted by atomic mass is 79.9. The maximum absolute atomic E-state index is 11.1. The fourth-order valence-electron chi connectivity index (χ4n) is 2.70. The third-order valence-corrected chi connectivity index (χ3v) is 4.45. The molecule has 1 fully saturated rings. The number of halogens is 1. The topological polar surface area (TPSA) is 60.8 Å². The molecule has 0 saturated carbocycles. The first-order valence-corrected chi connectivity index (χ1v) is 7.18. The van der Waals surface area contributed by atoms with Gasteiger partial charge in [-0.3, -0.25) is 9.69 Å². The Labute approximate surface area is 121 Å². The van der Waals surface area contributed by atoms with Crippen molar-refractivity contribution in [3.63, 3.8) is 0 Å². The third kappa shape index (κ3) is 3.48. The lowest BCUT2D eigenvalue weighted by Gasteiger charge is -2.34. The summed E-state index contributed by atoms with van der Waals surface area (Å²) < 4.78 is 0.695. The Bertz CT molecular complexity index is 478. The lowest BCUT2D eigenvalue weighted by atomic mass is 9.90. The van der Waals surface area contributed by atoms with Gasteiger partial charge in [0.15, 0.2) is 0 Å². The first-order chi connectivity index (χ1) is 8.97. The Kier molecular flexibility index (Phi) is 4.47. The molecular weight excluding hydrogens is 310 g/mol. The summed E-state index contributed by atoms with van der Waals surface area (Å²) in [6.45, 7) is 4.20. The molecule has 1 aliphatic heterocycles. The zero-order valence-corrected chi connectivity index (χ0v) is 12.4. The number of phenolic OH excluding ortho intramolecular Hbond substituents is 1. The Morgan fingerprint density at radius 1 is 1.47 bits per heavy atom. The molecule has 4 nitrogen and oxygen atoms in total. The van der Waals surface area contributed by atoms with Gasteiger partial charge in [-0.1, -0.05) is 19.1 Å². The fraction of sp³-hybridized carbons (Fsp3) is 0.500. The van der Waals surface area contributed by atoms with E-state index in [4.69, 9.17) is 5.11 Å². The molecule has 0 aliphatic carbocycles. The molecule has 1 aromatic rings.